The number of ether oxygens (including phenoxy) is 1. The Hall–Kier alpha value is -1.05. The Kier molecular flexibility index (Phi) is 2.69. The molecule has 0 atom stereocenters. The SMILES string of the molecule is CCOc1c(C)ccc(F)c1C. The lowest BCUT2D eigenvalue weighted by Crippen LogP contribution is -1.98. The minimum atomic E-state index is -0.205. The highest BCUT2D eigenvalue weighted by molar-refractivity contribution is 5.40. The molecular weight excluding hydrogens is 155 g/mol. The maximum atomic E-state index is 13.0. The monoisotopic (exact) mass is 168 g/mol. The van der Waals surface area contributed by atoms with Crippen molar-refractivity contribution in [2.45, 2.75) is 20.8 Å². The maximum Gasteiger partial charge on any atom is 0.129 e. The molecule has 0 unspecified atom stereocenters. The number of halogens is 1. The molecule has 0 fully saturated rings. The molecule has 66 valence electrons. The highest BCUT2D eigenvalue weighted by Crippen LogP contribution is 2.24. The third-order valence-corrected chi connectivity index (χ3v) is 1.83. The third kappa shape index (κ3) is 1.58. The van der Waals surface area contributed by atoms with Gasteiger partial charge in [-0.05, 0) is 32.4 Å². The summed E-state index contributed by atoms with van der Waals surface area (Å²) in [6.45, 7) is 6.11. The van der Waals surface area contributed by atoms with Gasteiger partial charge in [0.25, 0.3) is 0 Å². The van der Waals surface area contributed by atoms with E-state index in [0.717, 1.165) is 5.56 Å². The lowest BCUT2D eigenvalue weighted by Gasteiger charge is -2.10. The third-order valence-electron chi connectivity index (χ3n) is 1.83. The standard InChI is InChI=1S/C10H13FO/c1-4-12-10-7(2)5-6-9(11)8(10)3/h5-6H,4H2,1-3H3. The molecule has 0 saturated heterocycles. The van der Waals surface area contributed by atoms with Gasteiger partial charge in [-0.15, -0.1) is 0 Å². The molecule has 0 amide bonds. The van der Waals surface area contributed by atoms with E-state index >= 15 is 0 Å². The predicted octanol–water partition coefficient (Wildman–Crippen LogP) is 2.84. The summed E-state index contributed by atoms with van der Waals surface area (Å²) < 4.78 is 18.3. The molecule has 0 N–H and O–H groups in total. The minimum absolute atomic E-state index is 0.205. The molecule has 1 aromatic carbocycles. The second-order valence-electron chi connectivity index (χ2n) is 2.75. The van der Waals surface area contributed by atoms with Gasteiger partial charge in [-0.25, -0.2) is 4.39 Å². The van der Waals surface area contributed by atoms with E-state index in [9.17, 15) is 4.39 Å². The fourth-order valence-corrected chi connectivity index (χ4v) is 1.17. The molecular formula is C10H13FO. The number of hydrogen-bond acceptors (Lipinski definition) is 1. The van der Waals surface area contributed by atoms with Crippen LogP contribution in [-0.4, -0.2) is 6.61 Å². The zero-order valence-corrected chi connectivity index (χ0v) is 7.65. The Morgan fingerprint density at radius 3 is 2.58 bits per heavy atom. The van der Waals surface area contributed by atoms with Gasteiger partial charge in [-0.1, -0.05) is 6.07 Å². The van der Waals surface area contributed by atoms with Crippen molar-refractivity contribution in [3.8, 4) is 5.75 Å². The highest BCUT2D eigenvalue weighted by Gasteiger charge is 2.06. The van der Waals surface area contributed by atoms with Crippen LogP contribution in [-0.2, 0) is 0 Å². The molecule has 1 rings (SSSR count). The van der Waals surface area contributed by atoms with Crippen molar-refractivity contribution in [2.75, 3.05) is 6.61 Å². The first-order chi connectivity index (χ1) is 5.66. The molecule has 0 saturated carbocycles. The summed E-state index contributed by atoms with van der Waals surface area (Å²) >= 11 is 0. The minimum Gasteiger partial charge on any atom is -0.493 e. The Labute approximate surface area is 72.2 Å². The number of benzene rings is 1. The maximum absolute atomic E-state index is 13.0. The molecule has 12 heavy (non-hydrogen) atoms. The van der Waals surface area contributed by atoms with Crippen LogP contribution in [0.5, 0.6) is 5.75 Å². The van der Waals surface area contributed by atoms with Gasteiger partial charge in [-0.2, -0.15) is 0 Å². The van der Waals surface area contributed by atoms with E-state index < -0.39 is 0 Å². The van der Waals surface area contributed by atoms with Crippen molar-refractivity contribution in [1.82, 2.24) is 0 Å². The molecule has 0 aliphatic heterocycles. The summed E-state index contributed by atoms with van der Waals surface area (Å²) in [5, 5.41) is 0. The molecule has 0 radical (unpaired) electrons. The van der Waals surface area contributed by atoms with E-state index in [1.54, 1.807) is 13.0 Å². The zero-order chi connectivity index (χ0) is 9.14. The van der Waals surface area contributed by atoms with Crippen LogP contribution in [0.2, 0.25) is 0 Å². The second-order valence-corrected chi connectivity index (χ2v) is 2.75. The smallest absolute Gasteiger partial charge is 0.129 e. The largest absolute Gasteiger partial charge is 0.493 e. The Morgan fingerprint density at radius 1 is 1.33 bits per heavy atom. The average molecular weight is 168 g/mol. The van der Waals surface area contributed by atoms with E-state index in [2.05, 4.69) is 0 Å². The summed E-state index contributed by atoms with van der Waals surface area (Å²) in [7, 11) is 0. The summed E-state index contributed by atoms with van der Waals surface area (Å²) in [4.78, 5) is 0. The quantitative estimate of drug-likeness (QED) is 0.659. The lowest BCUT2D eigenvalue weighted by atomic mass is 10.1. The second kappa shape index (κ2) is 3.57. The Bertz CT molecular complexity index is 281. The number of aryl methyl sites for hydroxylation is 1. The molecule has 0 spiro atoms. The molecule has 1 nitrogen and oxygen atoms in total. The average Bonchev–Trinajstić information content (AvgIpc) is 2.06. The first-order valence-electron chi connectivity index (χ1n) is 4.05. The lowest BCUT2D eigenvalue weighted by molar-refractivity contribution is 0.333. The summed E-state index contributed by atoms with van der Waals surface area (Å²) in [5.74, 6) is 0.474. The van der Waals surface area contributed by atoms with Crippen LogP contribution in [0, 0.1) is 19.7 Å². The van der Waals surface area contributed by atoms with E-state index in [-0.39, 0.29) is 5.82 Å². The van der Waals surface area contributed by atoms with Gasteiger partial charge in [0.2, 0.25) is 0 Å². The van der Waals surface area contributed by atoms with Crippen molar-refractivity contribution in [1.29, 1.82) is 0 Å². The van der Waals surface area contributed by atoms with Crippen molar-refractivity contribution in [3.63, 3.8) is 0 Å². The molecule has 0 bridgehead atoms. The summed E-state index contributed by atoms with van der Waals surface area (Å²) in [6, 6.07) is 3.19. The first kappa shape index (κ1) is 9.04. The molecule has 0 aliphatic rings. The number of hydrogen-bond donors (Lipinski definition) is 0. The van der Waals surface area contributed by atoms with Crippen LogP contribution >= 0.6 is 0 Å². The van der Waals surface area contributed by atoms with Gasteiger partial charge in [0.15, 0.2) is 0 Å². The van der Waals surface area contributed by atoms with E-state index in [1.165, 1.54) is 6.07 Å². The molecule has 0 heterocycles. The fraction of sp³-hybridized carbons (Fsp3) is 0.400. The zero-order valence-electron chi connectivity index (χ0n) is 7.65. The van der Waals surface area contributed by atoms with Gasteiger partial charge in [-0.3, -0.25) is 0 Å². The van der Waals surface area contributed by atoms with E-state index in [4.69, 9.17) is 4.74 Å². The normalized spacial score (nSPS) is 10.0. The van der Waals surface area contributed by atoms with Gasteiger partial charge >= 0.3 is 0 Å². The topological polar surface area (TPSA) is 9.23 Å². The predicted molar refractivity (Wildman–Crippen MR) is 47.0 cm³/mol. The van der Waals surface area contributed by atoms with Crippen molar-refractivity contribution in [2.24, 2.45) is 0 Å². The summed E-state index contributed by atoms with van der Waals surface area (Å²) in [6.07, 6.45) is 0. The summed E-state index contributed by atoms with van der Waals surface area (Å²) in [5.41, 5.74) is 1.58. The van der Waals surface area contributed by atoms with Crippen molar-refractivity contribution in [3.05, 3.63) is 29.1 Å². The molecule has 0 aromatic heterocycles. The molecule has 1 aromatic rings. The Balaban J connectivity index is 3.14. The highest BCUT2D eigenvalue weighted by atomic mass is 19.1. The van der Waals surface area contributed by atoms with E-state index in [0.29, 0.717) is 17.9 Å². The van der Waals surface area contributed by atoms with Crippen LogP contribution in [0.3, 0.4) is 0 Å². The van der Waals surface area contributed by atoms with Gasteiger partial charge in [0, 0.05) is 5.56 Å². The van der Waals surface area contributed by atoms with Gasteiger partial charge < -0.3 is 4.74 Å². The van der Waals surface area contributed by atoms with Crippen LogP contribution < -0.4 is 4.74 Å². The van der Waals surface area contributed by atoms with Crippen LogP contribution in [0.1, 0.15) is 18.1 Å². The van der Waals surface area contributed by atoms with E-state index in [1.807, 2.05) is 13.8 Å². The van der Waals surface area contributed by atoms with Gasteiger partial charge in [0.1, 0.15) is 11.6 Å². The van der Waals surface area contributed by atoms with Gasteiger partial charge in [0.05, 0.1) is 6.61 Å². The van der Waals surface area contributed by atoms with Crippen molar-refractivity contribution >= 4 is 0 Å². The van der Waals surface area contributed by atoms with Crippen molar-refractivity contribution < 1.29 is 9.13 Å². The molecule has 2 heteroatoms. The van der Waals surface area contributed by atoms with Crippen LogP contribution in [0.25, 0.3) is 0 Å². The number of rotatable bonds is 2. The fourth-order valence-electron chi connectivity index (χ4n) is 1.17. The first-order valence-corrected chi connectivity index (χ1v) is 4.05. The van der Waals surface area contributed by atoms with Crippen LogP contribution in [0.4, 0.5) is 4.39 Å². The Morgan fingerprint density at radius 2 is 2.00 bits per heavy atom. The van der Waals surface area contributed by atoms with Crippen LogP contribution in [0.15, 0.2) is 12.1 Å². The molecule has 0 aliphatic carbocycles.